The van der Waals surface area contributed by atoms with Crippen LogP contribution in [-0.2, 0) is 14.6 Å². The Hall–Kier alpha value is -0.230. The van der Waals surface area contributed by atoms with E-state index in [4.69, 9.17) is 0 Å². The second kappa shape index (κ2) is 5.40. The summed E-state index contributed by atoms with van der Waals surface area (Å²) in [5, 5.41) is 1.90. The molecule has 1 N–H and O–H groups in total. The van der Waals surface area contributed by atoms with Crippen molar-refractivity contribution in [2.45, 2.75) is 37.2 Å². The highest BCUT2D eigenvalue weighted by Crippen LogP contribution is 2.19. The van der Waals surface area contributed by atoms with Crippen molar-refractivity contribution in [2.24, 2.45) is 5.92 Å². The van der Waals surface area contributed by atoms with E-state index in [9.17, 15) is 13.2 Å². The predicted molar refractivity (Wildman–Crippen MR) is 67.4 cm³/mol. The molecule has 1 heterocycles. The highest BCUT2D eigenvalue weighted by molar-refractivity contribution is 7.92. The van der Waals surface area contributed by atoms with Crippen LogP contribution in [0.5, 0.6) is 0 Å². The van der Waals surface area contributed by atoms with E-state index in [-0.39, 0.29) is 29.4 Å². The Morgan fingerprint density at radius 1 is 1.50 bits per heavy atom. The molecule has 2 atom stereocenters. The minimum atomic E-state index is -2.97. The van der Waals surface area contributed by atoms with Gasteiger partial charge in [-0.05, 0) is 18.8 Å². The number of hydrogen-bond acceptors (Lipinski definition) is 4. The molecule has 4 nitrogen and oxygen atoms in total. The third kappa shape index (κ3) is 3.38. The van der Waals surface area contributed by atoms with E-state index < -0.39 is 15.1 Å². The Morgan fingerprint density at radius 3 is 2.56 bits per heavy atom. The SMILES string of the molecule is CC(C)C(S)C(=O)NCC1CCCS1(=O)=O. The summed E-state index contributed by atoms with van der Waals surface area (Å²) in [6, 6.07) is 0. The van der Waals surface area contributed by atoms with E-state index in [2.05, 4.69) is 17.9 Å². The van der Waals surface area contributed by atoms with Gasteiger partial charge in [-0.2, -0.15) is 12.6 Å². The van der Waals surface area contributed by atoms with Crippen LogP contribution < -0.4 is 5.32 Å². The van der Waals surface area contributed by atoms with Gasteiger partial charge in [0.1, 0.15) is 0 Å². The number of hydrogen-bond donors (Lipinski definition) is 2. The van der Waals surface area contributed by atoms with Crippen LogP contribution in [-0.4, -0.2) is 37.1 Å². The molecule has 1 aliphatic rings. The molecule has 0 aromatic rings. The molecule has 2 unspecified atom stereocenters. The van der Waals surface area contributed by atoms with Gasteiger partial charge in [-0.15, -0.1) is 0 Å². The van der Waals surface area contributed by atoms with Crippen molar-refractivity contribution in [1.82, 2.24) is 5.32 Å². The Kier molecular flexibility index (Phi) is 4.67. The van der Waals surface area contributed by atoms with Gasteiger partial charge in [0, 0.05) is 6.54 Å². The third-order valence-electron chi connectivity index (χ3n) is 2.87. The summed E-state index contributed by atoms with van der Waals surface area (Å²) in [5.74, 6) is 0.214. The monoisotopic (exact) mass is 265 g/mol. The summed E-state index contributed by atoms with van der Waals surface area (Å²) in [6.07, 6.45) is 1.36. The zero-order chi connectivity index (χ0) is 12.3. The van der Waals surface area contributed by atoms with Crippen LogP contribution in [0.4, 0.5) is 0 Å². The first-order valence-corrected chi connectivity index (χ1v) is 7.75. The molecule has 1 amide bonds. The molecular weight excluding hydrogens is 246 g/mol. The molecule has 0 aliphatic carbocycles. The lowest BCUT2D eigenvalue weighted by Crippen LogP contribution is -2.40. The number of nitrogens with one attached hydrogen (secondary N) is 1. The summed E-state index contributed by atoms with van der Waals surface area (Å²) < 4.78 is 23.0. The van der Waals surface area contributed by atoms with Crippen LogP contribution in [0.25, 0.3) is 0 Å². The lowest BCUT2D eigenvalue weighted by molar-refractivity contribution is -0.121. The van der Waals surface area contributed by atoms with Crippen molar-refractivity contribution in [3.8, 4) is 0 Å². The van der Waals surface area contributed by atoms with Crippen molar-refractivity contribution in [1.29, 1.82) is 0 Å². The molecule has 6 heteroatoms. The molecule has 0 saturated carbocycles. The molecule has 1 saturated heterocycles. The van der Waals surface area contributed by atoms with Crippen molar-refractivity contribution in [3.63, 3.8) is 0 Å². The zero-order valence-electron chi connectivity index (χ0n) is 9.64. The first kappa shape index (κ1) is 13.8. The van der Waals surface area contributed by atoms with E-state index in [1.807, 2.05) is 13.8 Å². The largest absolute Gasteiger partial charge is 0.354 e. The Morgan fingerprint density at radius 2 is 2.12 bits per heavy atom. The molecule has 94 valence electrons. The normalized spacial score (nSPS) is 25.6. The summed E-state index contributed by atoms with van der Waals surface area (Å²) >= 11 is 4.18. The Balaban J connectivity index is 2.44. The summed E-state index contributed by atoms with van der Waals surface area (Å²) in [6.45, 7) is 4.04. The standard InChI is InChI=1S/C10H19NO3S2/c1-7(2)9(15)10(12)11-6-8-4-3-5-16(8,13)14/h7-9,15H,3-6H2,1-2H3,(H,11,12). The topological polar surface area (TPSA) is 63.2 Å². The van der Waals surface area contributed by atoms with Gasteiger partial charge in [0.15, 0.2) is 9.84 Å². The number of carbonyl (C=O) groups is 1. The quantitative estimate of drug-likeness (QED) is 0.733. The number of rotatable bonds is 4. The van der Waals surface area contributed by atoms with Gasteiger partial charge >= 0.3 is 0 Å². The van der Waals surface area contributed by atoms with Crippen LogP contribution in [0.15, 0.2) is 0 Å². The van der Waals surface area contributed by atoms with Crippen LogP contribution in [0.2, 0.25) is 0 Å². The van der Waals surface area contributed by atoms with Gasteiger partial charge in [-0.1, -0.05) is 13.8 Å². The van der Waals surface area contributed by atoms with Crippen molar-refractivity contribution < 1.29 is 13.2 Å². The molecule has 1 rings (SSSR count). The maximum atomic E-state index is 11.6. The van der Waals surface area contributed by atoms with Gasteiger partial charge in [0.25, 0.3) is 0 Å². The van der Waals surface area contributed by atoms with Gasteiger partial charge in [0.05, 0.1) is 16.3 Å². The molecule has 0 spiro atoms. The summed E-state index contributed by atoms with van der Waals surface area (Å²) in [4.78, 5) is 11.6. The highest BCUT2D eigenvalue weighted by atomic mass is 32.2. The third-order valence-corrected chi connectivity index (χ3v) is 5.97. The molecule has 0 bridgehead atoms. The average Bonchev–Trinajstić information content (AvgIpc) is 2.52. The van der Waals surface area contributed by atoms with Gasteiger partial charge < -0.3 is 5.32 Å². The van der Waals surface area contributed by atoms with Crippen LogP contribution in [0.3, 0.4) is 0 Å². The second-order valence-corrected chi connectivity index (χ2v) is 7.52. The van der Waals surface area contributed by atoms with Crippen molar-refractivity contribution in [3.05, 3.63) is 0 Å². The summed E-state index contributed by atoms with van der Waals surface area (Å²) in [7, 11) is -2.97. The van der Waals surface area contributed by atoms with Gasteiger partial charge in [-0.25, -0.2) is 8.42 Å². The van der Waals surface area contributed by atoms with Gasteiger partial charge in [0.2, 0.25) is 5.91 Å². The van der Waals surface area contributed by atoms with Crippen LogP contribution >= 0.6 is 12.6 Å². The maximum absolute atomic E-state index is 11.6. The molecule has 0 radical (unpaired) electrons. The lowest BCUT2D eigenvalue weighted by Gasteiger charge is -2.16. The molecule has 0 aromatic heterocycles. The van der Waals surface area contributed by atoms with E-state index in [0.717, 1.165) is 0 Å². The molecule has 16 heavy (non-hydrogen) atoms. The van der Waals surface area contributed by atoms with E-state index in [1.54, 1.807) is 0 Å². The molecule has 1 aliphatic heterocycles. The molecular formula is C10H19NO3S2. The Labute approximate surface area is 103 Å². The minimum Gasteiger partial charge on any atom is -0.354 e. The Bertz CT molecular complexity index is 351. The first-order chi connectivity index (χ1) is 7.34. The summed E-state index contributed by atoms with van der Waals surface area (Å²) in [5.41, 5.74) is 0. The minimum absolute atomic E-state index is 0.142. The van der Waals surface area contributed by atoms with E-state index in [0.29, 0.717) is 12.8 Å². The van der Waals surface area contributed by atoms with Crippen LogP contribution in [0, 0.1) is 5.92 Å². The van der Waals surface area contributed by atoms with E-state index >= 15 is 0 Å². The number of thiol groups is 1. The molecule has 1 fully saturated rings. The molecule has 0 aromatic carbocycles. The van der Waals surface area contributed by atoms with Crippen molar-refractivity contribution in [2.75, 3.05) is 12.3 Å². The maximum Gasteiger partial charge on any atom is 0.233 e. The highest BCUT2D eigenvalue weighted by Gasteiger charge is 2.31. The number of amides is 1. The number of sulfone groups is 1. The number of carbonyl (C=O) groups excluding carboxylic acids is 1. The average molecular weight is 265 g/mol. The fourth-order valence-corrected chi connectivity index (χ4v) is 3.57. The predicted octanol–water partition coefficient (Wildman–Crippen LogP) is 0.634. The van der Waals surface area contributed by atoms with Crippen LogP contribution in [0.1, 0.15) is 26.7 Å². The van der Waals surface area contributed by atoms with E-state index in [1.165, 1.54) is 0 Å². The fourth-order valence-electron chi connectivity index (χ4n) is 1.71. The van der Waals surface area contributed by atoms with Gasteiger partial charge in [-0.3, -0.25) is 4.79 Å². The fraction of sp³-hybridized carbons (Fsp3) is 0.900. The lowest BCUT2D eigenvalue weighted by atomic mass is 10.1. The second-order valence-electron chi connectivity index (χ2n) is 4.57. The van der Waals surface area contributed by atoms with Crippen molar-refractivity contribution >= 4 is 28.4 Å². The first-order valence-electron chi connectivity index (χ1n) is 5.52. The smallest absolute Gasteiger partial charge is 0.233 e. The zero-order valence-corrected chi connectivity index (χ0v) is 11.4.